The predicted octanol–water partition coefficient (Wildman–Crippen LogP) is 2.53. The number of nitrogens with zero attached hydrogens (tertiary/aromatic N) is 1. The topological polar surface area (TPSA) is 24.5 Å². The summed E-state index contributed by atoms with van der Waals surface area (Å²) in [5.41, 5.74) is 2.69. The van der Waals surface area contributed by atoms with Gasteiger partial charge < -0.3 is 10.1 Å². The maximum Gasteiger partial charge on any atom is 0.119 e. The van der Waals surface area contributed by atoms with Crippen LogP contribution in [-0.4, -0.2) is 38.2 Å². The van der Waals surface area contributed by atoms with Crippen molar-refractivity contribution in [2.45, 2.75) is 19.4 Å². The van der Waals surface area contributed by atoms with E-state index in [0.717, 1.165) is 38.3 Å². The summed E-state index contributed by atoms with van der Waals surface area (Å²) in [6, 6.07) is 6.81. The molecule has 1 aliphatic heterocycles. The lowest BCUT2D eigenvalue weighted by molar-refractivity contribution is 0.174. The zero-order chi connectivity index (χ0) is 13.7. The smallest absolute Gasteiger partial charge is 0.119 e. The van der Waals surface area contributed by atoms with Crippen LogP contribution < -0.4 is 10.1 Å². The molecule has 0 radical (unpaired) electrons. The molecular formula is C16H24N2O. The van der Waals surface area contributed by atoms with Gasteiger partial charge in [0.1, 0.15) is 5.75 Å². The summed E-state index contributed by atoms with van der Waals surface area (Å²) in [6.45, 7) is 10.4. The minimum atomic E-state index is 0.436. The molecule has 0 aliphatic carbocycles. The summed E-state index contributed by atoms with van der Waals surface area (Å²) in [7, 11) is 1.71. The van der Waals surface area contributed by atoms with Crippen LogP contribution in [0.4, 0.5) is 0 Å². The Morgan fingerprint density at radius 3 is 2.74 bits per heavy atom. The molecule has 0 unspecified atom stereocenters. The van der Waals surface area contributed by atoms with Gasteiger partial charge in [-0.15, -0.1) is 6.58 Å². The van der Waals surface area contributed by atoms with Crippen molar-refractivity contribution < 1.29 is 4.74 Å². The van der Waals surface area contributed by atoms with Crippen molar-refractivity contribution in [3.8, 4) is 5.75 Å². The number of aryl methyl sites for hydroxylation is 1. The van der Waals surface area contributed by atoms with Gasteiger partial charge in [-0.25, -0.2) is 0 Å². The molecule has 19 heavy (non-hydrogen) atoms. The van der Waals surface area contributed by atoms with Gasteiger partial charge in [0.05, 0.1) is 7.11 Å². The van der Waals surface area contributed by atoms with Gasteiger partial charge in [-0.3, -0.25) is 4.90 Å². The number of benzene rings is 1. The molecule has 1 aromatic carbocycles. The van der Waals surface area contributed by atoms with E-state index >= 15 is 0 Å². The van der Waals surface area contributed by atoms with Crippen molar-refractivity contribution in [3.63, 3.8) is 0 Å². The first-order valence-electron chi connectivity index (χ1n) is 6.96. The lowest BCUT2D eigenvalue weighted by Gasteiger charge is -2.35. The van der Waals surface area contributed by atoms with Crippen LogP contribution in [0.5, 0.6) is 5.75 Å². The van der Waals surface area contributed by atoms with Crippen molar-refractivity contribution in [2.75, 3.05) is 33.3 Å². The van der Waals surface area contributed by atoms with Crippen LogP contribution in [0.25, 0.3) is 0 Å². The normalized spacial score (nSPS) is 18.0. The number of nitrogens with one attached hydrogen (secondary N) is 1. The summed E-state index contributed by atoms with van der Waals surface area (Å²) in [5.74, 6) is 0.930. The van der Waals surface area contributed by atoms with E-state index in [-0.39, 0.29) is 0 Å². The number of hydrogen-bond acceptors (Lipinski definition) is 3. The molecule has 0 saturated carbocycles. The third-order valence-electron chi connectivity index (χ3n) is 3.82. The van der Waals surface area contributed by atoms with Gasteiger partial charge in [-0.05, 0) is 36.6 Å². The average molecular weight is 260 g/mol. The fourth-order valence-corrected chi connectivity index (χ4v) is 2.77. The molecule has 1 fully saturated rings. The van der Waals surface area contributed by atoms with E-state index in [1.165, 1.54) is 11.1 Å². The number of rotatable bonds is 5. The number of piperazine rings is 1. The highest BCUT2D eigenvalue weighted by Crippen LogP contribution is 2.29. The molecule has 0 bridgehead atoms. The molecule has 0 aromatic heterocycles. The molecule has 0 amide bonds. The number of hydrogen-bond donors (Lipinski definition) is 1. The largest absolute Gasteiger partial charge is 0.497 e. The van der Waals surface area contributed by atoms with E-state index < -0.39 is 0 Å². The molecule has 2 rings (SSSR count). The maximum atomic E-state index is 5.29. The van der Waals surface area contributed by atoms with Gasteiger partial charge in [0.15, 0.2) is 0 Å². The first-order valence-corrected chi connectivity index (χ1v) is 6.96. The highest BCUT2D eigenvalue weighted by Gasteiger charge is 2.22. The van der Waals surface area contributed by atoms with Gasteiger partial charge in [-0.1, -0.05) is 12.1 Å². The standard InChI is InChI=1S/C16H24N2O/c1-4-5-16(18-10-8-17-9-11-18)15-7-6-14(19-3)12-13(15)2/h4,6-7,12,16-17H,1,5,8-11H2,2-3H3/t16-/m1/s1. The minimum Gasteiger partial charge on any atom is -0.497 e. The number of methoxy groups -OCH3 is 1. The van der Waals surface area contributed by atoms with Gasteiger partial charge in [-0.2, -0.15) is 0 Å². The Bertz CT molecular complexity index is 425. The molecule has 104 valence electrons. The Labute approximate surface area is 116 Å². The highest BCUT2D eigenvalue weighted by molar-refractivity contribution is 5.37. The van der Waals surface area contributed by atoms with Crippen LogP contribution in [0, 0.1) is 6.92 Å². The van der Waals surface area contributed by atoms with Gasteiger partial charge in [0.25, 0.3) is 0 Å². The molecule has 1 atom stereocenters. The minimum absolute atomic E-state index is 0.436. The molecule has 1 heterocycles. The van der Waals surface area contributed by atoms with Crippen molar-refractivity contribution in [1.82, 2.24) is 10.2 Å². The number of ether oxygens (including phenoxy) is 1. The fraction of sp³-hybridized carbons (Fsp3) is 0.500. The summed E-state index contributed by atoms with van der Waals surface area (Å²) in [4.78, 5) is 2.55. The molecule has 1 aliphatic rings. The molecular weight excluding hydrogens is 236 g/mol. The monoisotopic (exact) mass is 260 g/mol. The summed E-state index contributed by atoms with van der Waals surface area (Å²) in [6.07, 6.45) is 3.02. The zero-order valence-electron chi connectivity index (χ0n) is 12.0. The fourth-order valence-electron chi connectivity index (χ4n) is 2.77. The summed E-state index contributed by atoms with van der Waals surface area (Å²) >= 11 is 0. The van der Waals surface area contributed by atoms with E-state index in [2.05, 4.69) is 41.9 Å². The van der Waals surface area contributed by atoms with Crippen LogP contribution in [0.15, 0.2) is 30.9 Å². The second kappa shape index (κ2) is 6.73. The second-order valence-corrected chi connectivity index (χ2v) is 5.05. The third kappa shape index (κ3) is 3.37. The van der Waals surface area contributed by atoms with E-state index in [1.54, 1.807) is 7.11 Å². The first-order chi connectivity index (χ1) is 9.26. The van der Waals surface area contributed by atoms with Crippen LogP contribution in [0.2, 0.25) is 0 Å². The Balaban J connectivity index is 2.24. The molecule has 1 saturated heterocycles. The SMILES string of the molecule is C=CC[C@H](c1ccc(OC)cc1C)N1CCNCC1. The van der Waals surface area contributed by atoms with E-state index in [9.17, 15) is 0 Å². The van der Waals surface area contributed by atoms with Crippen molar-refractivity contribution in [3.05, 3.63) is 42.0 Å². The van der Waals surface area contributed by atoms with Gasteiger partial charge >= 0.3 is 0 Å². The first kappa shape index (κ1) is 14.1. The van der Waals surface area contributed by atoms with Crippen LogP contribution in [-0.2, 0) is 0 Å². The van der Waals surface area contributed by atoms with Crippen molar-refractivity contribution in [2.24, 2.45) is 0 Å². The third-order valence-corrected chi connectivity index (χ3v) is 3.82. The molecule has 0 spiro atoms. The van der Waals surface area contributed by atoms with E-state index in [0.29, 0.717) is 6.04 Å². The Kier molecular flexibility index (Phi) is 5.00. The van der Waals surface area contributed by atoms with Crippen molar-refractivity contribution in [1.29, 1.82) is 0 Å². The molecule has 1 N–H and O–H groups in total. The molecule has 3 nitrogen and oxygen atoms in total. The highest BCUT2D eigenvalue weighted by atomic mass is 16.5. The van der Waals surface area contributed by atoms with Crippen LogP contribution in [0.1, 0.15) is 23.6 Å². The Morgan fingerprint density at radius 2 is 2.16 bits per heavy atom. The predicted molar refractivity (Wildman–Crippen MR) is 79.7 cm³/mol. The quantitative estimate of drug-likeness (QED) is 0.823. The molecule has 3 heteroatoms. The van der Waals surface area contributed by atoms with E-state index in [4.69, 9.17) is 4.74 Å². The van der Waals surface area contributed by atoms with Crippen molar-refractivity contribution >= 4 is 0 Å². The van der Waals surface area contributed by atoms with Crippen LogP contribution >= 0.6 is 0 Å². The van der Waals surface area contributed by atoms with E-state index in [1.807, 2.05) is 6.08 Å². The van der Waals surface area contributed by atoms with Crippen LogP contribution in [0.3, 0.4) is 0 Å². The molecule has 1 aromatic rings. The summed E-state index contributed by atoms with van der Waals surface area (Å²) in [5, 5.41) is 3.41. The Morgan fingerprint density at radius 1 is 1.42 bits per heavy atom. The lowest BCUT2D eigenvalue weighted by atomic mass is 9.96. The van der Waals surface area contributed by atoms with Gasteiger partial charge in [0.2, 0.25) is 0 Å². The summed E-state index contributed by atoms with van der Waals surface area (Å²) < 4.78 is 5.29. The maximum absolute atomic E-state index is 5.29. The zero-order valence-corrected chi connectivity index (χ0v) is 12.0. The van der Waals surface area contributed by atoms with Gasteiger partial charge in [0, 0.05) is 32.2 Å². The average Bonchev–Trinajstić information content (AvgIpc) is 2.46. The second-order valence-electron chi connectivity index (χ2n) is 5.05. The lowest BCUT2D eigenvalue weighted by Crippen LogP contribution is -2.45. The Hall–Kier alpha value is -1.32.